The molecule has 39 heavy (non-hydrogen) atoms. The van der Waals surface area contributed by atoms with Gasteiger partial charge in [-0.15, -0.1) is 0 Å². The van der Waals surface area contributed by atoms with Crippen molar-refractivity contribution in [1.82, 2.24) is 0 Å². The van der Waals surface area contributed by atoms with Crippen molar-refractivity contribution in [3.05, 3.63) is 130 Å². The summed E-state index contributed by atoms with van der Waals surface area (Å²) in [7, 11) is 0. The molecule has 3 aliphatic carbocycles. The molecule has 4 aliphatic rings. The third kappa shape index (κ3) is 3.36. The molecule has 1 fully saturated rings. The number of hydrogen-bond acceptors (Lipinski definition) is 4. The van der Waals surface area contributed by atoms with Crippen molar-refractivity contribution < 1.29 is 19.1 Å². The molecule has 6 heteroatoms. The predicted octanol–water partition coefficient (Wildman–Crippen LogP) is 6.27. The maximum Gasteiger partial charge on any atom is 0.315 e. The molecule has 2 bridgehead atoms. The zero-order valence-electron chi connectivity index (χ0n) is 21.1. The SMILES string of the molecule is CC12C(=O)N(c3ccccc3OC(=O)Cc3ccc(Cl)cc3)C(=O)C1C1c3ccccc3C2c2ccccc21. The Balaban J connectivity index is 1.28. The number of nitrogens with zero attached hydrogens (tertiary/aromatic N) is 1. The Morgan fingerprint density at radius 1 is 0.821 bits per heavy atom. The number of amides is 2. The Labute approximate surface area is 231 Å². The second-order valence-corrected chi connectivity index (χ2v) is 11.1. The number of anilines is 1. The first-order valence-corrected chi connectivity index (χ1v) is 13.4. The van der Waals surface area contributed by atoms with E-state index >= 15 is 0 Å². The smallest absolute Gasteiger partial charge is 0.315 e. The van der Waals surface area contributed by atoms with E-state index in [4.69, 9.17) is 16.3 Å². The van der Waals surface area contributed by atoms with Gasteiger partial charge in [-0.2, -0.15) is 0 Å². The van der Waals surface area contributed by atoms with E-state index in [1.807, 2.05) is 31.2 Å². The Hall–Kier alpha value is -4.22. The molecule has 0 radical (unpaired) electrons. The second kappa shape index (κ2) is 8.65. The summed E-state index contributed by atoms with van der Waals surface area (Å²) in [6.45, 7) is 1.93. The number of para-hydroxylation sites is 2. The molecule has 4 aromatic rings. The van der Waals surface area contributed by atoms with E-state index in [-0.39, 0.29) is 35.8 Å². The van der Waals surface area contributed by atoms with Crippen LogP contribution >= 0.6 is 11.6 Å². The van der Waals surface area contributed by atoms with Gasteiger partial charge >= 0.3 is 5.97 Å². The fourth-order valence-corrected chi connectivity index (χ4v) is 7.13. The van der Waals surface area contributed by atoms with Crippen molar-refractivity contribution in [1.29, 1.82) is 0 Å². The van der Waals surface area contributed by atoms with Gasteiger partial charge < -0.3 is 4.74 Å². The number of esters is 1. The molecular formula is C33H24ClNO4. The molecule has 2 atom stereocenters. The quantitative estimate of drug-likeness (QED) is 0.176. The molecule has 192 valence electrons. The normalized spacial score (nSPS) is 24.3. The second-order valence-electron chi connectivity index (χ2n) is 10.7. The van der Waals surface area contributed by atoms with Crippen LogP contribution in [0.4, 0.5) is 5.69 Å². The van der Waals surface area contributed by atoms with Gasteiger partial charge in [0.1, 0.15) is 0 Å². The maximum absolute atomic E-state index is 14.4. The number of hydrogen-bond donors (Lipinski definition) is 0. The Morgan fingerprint density at radius 2 is 1.38 bits per heavy atom. The van der Waals surface area contributed by atoms with Crippen molar-refractivity contribution in [3.8, 4) is 5.75 Å². The monoisotopic (exact) mass is 533 g/mol. The Morgan fingerprint density at radius 3 is 2.03 bits per heavy atom. The summed E-state index contributed by atoms with van der Waals surface area (Å²) < 4.78 is 5.75. The standard InChI is InChI=1S/C33H24ClNO4/c1-33-29-23-10-4-2-8-21(23)28(22-9-3-5-11-24(22)29)30(33)31(37)35(32(33)38)25-12-6-7-13-26(25)39-27(36)18-19-14-16-20(34)17-15-19/h2-17,28-30H,18H2,1H3. The Bertz CT molecular complexity index is 1630. The van der Waals surface area contributed by atoms with Crippen molar-refractivity contribution in [3.63, 3.8) is 0 Å². The summed E-state index contributed by atoms with van der Waals surface area (Å²) >= 11 is 5.96. The first-order chi connectivity index (χ1) is 18.9. The van der Waals surface area contributed by atoms with Gasteiger partial charge in [-0.3, -0.25) is 14.4 Å². The highest BCUT2D eigenvalue weighted by molar-refractivity contribution is 6.30. The van der Waals surface area contributed by atoms with Gasteiger partial charge in [-0.25, -0.2) is 4.90 Å². The van der Waals surface area contributed by atoms with Crippen molar-refractivity contribution in [2.45, 2.75) is 25.2 Å². The summed E-state index contributed by atoms with van der Waals surface area (Å²) in [5.74, 6) is -1.87. The molecule has 0 N–H and O–H groups in total. The van der Waals surface area contributed by atoms with E-state index in [1.165, 1.54) is 4.90 Å². The molecule has 8 rings (SSSR count). The number of rotatable bonds is 4. The van der Waals surface area contributed by atoms with Crippen LogP contribution in [0.25, 0.3) is 0 Å². The van der Waals surface area contributed by atoms with E-state index in [2.05, 4.69) is 24.3 Å². The zero-order chi connectivity index (χ0) is 26.9. The number of carbonyl (C=O) groups is 3. The minimum atomic E-state index is -0.967. The van der Waals surface area contributed by atoms with Gasteiger partial charge in [-0.1, -0.05) is 84.4 Å². The molecule has 2 unspecified atom stereocenters. The number of benzene rings is 4. The van der Waals surface area contributed by atoms with Crippen molar-refractivity contribution in [2.75, 3.05) is 4.90 Å². The molecule has 0 aromatic heterocycles. The summed E-state index contributed by atoms with van der Waals surface area (Å²) in [4.78, 5) is 42.8. The van der Waals surface area contributed by atoms with Crippen LogP contribution in [0.3, 0.4) is 0 Å². The fraction of sp³-hybridized carbons (Fsp3) is 0.182. The van der Waals surface area contributed by atoms with Crippen LogP contribution in [0, 0.1) is 11.3 Å². The predicted molar refractivity (Wildman–Crippen MR) is 148 cm³/mol. The van der Waals surface area contributed by atoms with E-state index in [0.29, 0.717) is 10.7 Å². The Kier molecular flexibility index (Phi) is 5.29. The number of imide groups is 1. The number of carbonyl (C=O) groups excluding carboxylic acids is 3. The van der Waals surface area contributed by atoms with Gasteiger partial charge in [0.15, 0.2) is 5.75 Å². The number of ether oxygens (including phenoxy) is 1. The molecule has 2 amide bonds. The van der Waals surface area contributed by atoms with E-state index in [0.717, 1.165) is 27.8 Å². The van der Waals surface area contributed by atoms with E-state index in [9.17, 15) is 14.4 Å². The first kappa shape index (κ1) is 23.9. The van der Waals surface area contributed by atoms with Crippen LogP contribution < -0.4 is 9.64 Å². The topological polar surface area (TPSA) is 63.7 Å². The van der Waals surface area contributed by atoms with Gasteiger partial charge in [0.05, 0.1) is 23.4 Å². The van der Waals surface area contributed by atoms with Crippen LogP contribution in [0.15, 0.2) is 97.1 Å². The fourth-order valence-electron chi connectivity index (χ4n) is 7.00. The highest BCUT2D eigenvalue weighted by Crippen LogP contribution is 2.67. The van der Waals surface area contributed by atoms with Crippen molar-refractivity contribution in [2.24, 2.45) is 11.3 Å². The highest BCUT2D eigenvalue weighted by Gasteiger charge is 2.69. The summed E-state index contributed by atoms with van der Waals surface area (Å²) in [6, 6.07) is 30.0. The average molecular weight is 534 g/mol. The lowest BCUT2D eigenvalue weighted by Gasteiger charge is -2.51. The third-order valence-electron chi connectivity index (χ3n) is 8.61. The van der Waals surface area contributed by atoms with Crippen LogP contribution in [-0.2, 0) is 20.8 Å². The highest BCUT2D eigenvalue weighted by atomic mass is 35.5. The third-order valence-corrected chi connectivity index (χ3v) is 8.86. The molecule has 1 aliphatic heterocycles. The van der Waals surface area contributed by atoms with Gasteiger partial charge in [0.25, 0.3) is 0 Å². The summed E-state index contributed by atoms with van der Waals surface area (Å²) in [6.07, 6.45) is 0.0303. The van der Waals surface area contributed by atoms with Crippen LogP contribution in [0.2, 0.25) is 5.02 Å². The molecule has 1 saturated heterocycles. The molecule has 1 heterocycles. The lowest BCUT2D eigenvalue weighted by Crippen LogP contribution is -2.49. The first-order valence-electron chi connectivity index (χ1n) is 13.0. The van der Waals surface area contributed by atoms with E-state index in [1.54, 1.807) is 48.5 Å². The maximum atomic E-state index is 14.4. The average Bonchev–Trinajstić information content (AvgIpc) is 3.15. The van der Waals surface area contributed by atoms with E-state index < -0.39 is 17.3 Å². The number of halogens is 1. The molecule has 0 saturated carbocycles. The van der Waals surface area contributed by atoms with Crippen LogP contribution in [0.1, 0.15) is 46.6 Å². The van der Waals surface area contributed by atoms with Crippen molar-refractivity contribution >= 4 is 35.1 Å². The molecule has 4 aromatic carbocycles. The largest absolute Gasteiger partial charge is 0.424 e. The van der Waals surface area contributed by atoms with Gasteiger partial charge in [0, 0.05) is 16.9 Å². The molecule has 0 spiro atoms. The van der Waals surface area contributed by atoms with Crippen LogP contribution in [0.5, 0.6) is 5.75 Å². The molecule has 5 nitrogen and oxygen atoms in total. The summed E-state index contributed by atoms with van der Waals surface area (Å²) in [5.41, 5.74) is 4.49. The lowest BCUT2D eigenvalue weighted by molar-refractivity contribution is -0.134. The van der Waals surface area contributed by atoms with Gasteiger partial charge in [-0.05, 0) is 59.0 Å². The summed E-state index contributed by atoms with van der Waals surface area (Å²) in [5, 5.41) is 0.580. The molecular weight excluding hydrogens is 510 g/mol. The van der Waals surface area contributed by atoms with Gasteiger partial charge in [0.2, 0.25) is 11.8 Å². The lowest BCUT2D eigenvalue weighted by atomic mass is 9.48. The zero-order valence-corrected chi connectivity index (χ0v) is 21.9. The van der Waals surface area contributed by atoms with Crippen LogP contribution in [-0.4, -0.2) is 17.8 Å². The minimum Gasteiger partial charge on any atom is -0.424 e. The minimum absolute atomic E-state index is 0.0303.